The molecule has 0 aliphatic heterocycles. The molecule has 3 heteroatoms. The van der Waals surface area contributed by atoms with Gasteiger partial charge in [0.25, 0.3) is 0 Å². The van der Waals surface area contributed by atoms with Gasteiger partial charge in [-0.3, -0.25) is 0 Å². The molecule has 0 unspecified atom stereocenters. The summed E-state index contributed by atoms with van der Waals surface area (Å²) in [5.74, 6) is 0.891. The van der Waals surface area contributed by atoms with E-state index in [0.717, 1.165) is 17.0 Å². The lowest BCUT2D eigenvalue weighted by Gasteiger charge is -2.24. The van der Waals surface area contributed by atoms with Gasteiger partial charge in [-0.05, 0) is 20.8 Å². The molecule has 1 rings (SSSR count). The Morgan fingerprint density at radius 2 is 1.64 bits per heavy atom. The fraction of sp³-hybridized carbons (Fsp3) is 0.727. The number of nitrogens with zero attached hydrogens (tertiary/aromatic N) is 1. The normalized spacial score (nSPS) is 13.4. The number of rotatable bonds is 1. The monoisotopic (exact) mass is 196 g/mol. The third-order valence-corrected chi connectivity index (χ3v) is 2.19. The van der Waals surface area contributed by atoms with E-state index in [0.29, 0.717) is 0 Å². The van der Waals surface area contributed by atoms with E-state index < -0.39 is 5.54 Å². The fourth-order valence-corrected chi connectivity index (χ4v) is 1.64. The number of aromatic nitrogens is 1. The van der Waals surface area contributed by atoms with E-state index in [1.54, 1.807) is 0 Å². The van der Waals surface area contributed by atoms with Crippen molar-refractivity contribution in [3.63, 3.8) is 0 Å². The first-order valence-corrected chi connectivity index (χ1v) is 4.90. The van der Waals surface area contributed by atoms with Gasteiger partial charge in [0.1, 0.15) is 5.76 Å². The Bertz CT molecular complexity index is 326. The summed E-state index contributed by atoms with van der Waals surface area (Å²) in [5, 5.41) is 3.99. The number of hydrogen-bond acceptors (Lipinski definition) is 3. The molecule has 0 atom stereocenters. The Labute approximate surface area is 85.7 Å². The Kier molecular flexibility index (Phi) is 2.48. The van der Waals surface area contributed by atoms with E-state index in [4.69, 9.17) is 10.3 Å². The van der Waals surface area contributed by atoms with E-state index in [1.165, 1.54) is 0 Å². The molecule has 1 aromatic heterocycles. The highest BCUT2D eigenvalue weighted by molar-refractivity contribution is 5.32. The summed E-state index contributed by atoms with van der Waals surface area (Å²) in [4.78, 5) is 0. The van der Waals surface area contributed by atoms with Crippen molar-refractivity contribution in [1.29, 1.82) is 0 Å². The van der Waals surface area contributed by atoms with E-state index >= 15 is 0 Å². The molecule has 0 saturated carbocycles. The van der Waals surface area contributed by atoms with Gasteiger partial charge in [-0.15, -0.1) is 0 Å². The highest BCUT2D eigenvalue weighted by Gasteiger charge is 2.31. The van der Waals surface area contributed by atoms with Crippen molar-refractivity contribution in [2.24, 2.45) is 5.73 Å². The van der Waals surface area contributed by atoms with Crippen LogP contribution in [0.5, 0.6) is 0 Å². The lowest BCUT2D eigenvalue weighted by atomic mass is 9.83. The third kappa shape index (κ3) is 1.98. The largest absolute Gasteiger partial charge is 0.360 e. The summed E-state index contributed by atoms with van der Waals surface area (Å²) in [6.45, 7) is 12.2. The molecule has 0 saturated heterocycles. The quantitative estimate of drug-likeness (QED) is 0.750. The second-order valence-corrected chi connectivity index (χ2v) is 5.44. The molecule has 0 radical (unpaired) electrons. The van der Waals surface area contributed by atoms with Crippen LogP contribution in [0, 0.1) is 6.92 Å². The molecule has 80 valence electrons. The summed E-state index contributed by atoms with van der Waals surface area (Å²) in [5.41, 5.74) is 7.58. The van der Waals surface area contributed by atoms with Crippen molar-refractivity contribution >= 4 is 0 Å². The molecule has 3 nitrogen and oxygen atoms in total. The molecule has 0 bridgehead atoms. The van der Waals surface area contributed by atoms with Crippen molar-refractivity contribution in [3.05, 3.63) is 17.0 Å². The molecule has 0 aliphatic carbocycles. The SMILES string of the molecule is Cc1noc(C(C)(C)C)c1C(C)(C)N. The average molecular weight is 196 g/mol. The summed E-state index contributed by atoms with van der Waals surface area (Å²) in [6.07, 6.45) is 0. The molecule has 1 aromatic rings. The van der Waals surface area contributed by atoms with Crippen molar-refractivity contribution in [3.8, 4) is 0 Å². The highest BCUT2D eigenvalue weighted by atomic mass is 16.5. The van der Waals surface area contributed by atoms with E-state index in [-0.39, 0.29) is 5.41 Å². The zero-order chi connectivity index (χ0) is 11.1. The number of aryl methyl sites for hydroxylation is 1. The van der Waals surface area contributed by atoms with E-state index in [2.05, 4.69) is 25.9 Å². The van der Waals surface area contributed by atoms with Gasteiger partial charge in [-0.25, -0.2) is 0 Å². The molecular formula is C11H20N2O. The van der Waals surface area contributed by atoms with Gasteiger partial charge in [0, 0.05) is 16.5 Å². The van der Waals surface area contributed by atoms with Crippen LogP contribution in [0.4, 0.5) is 0 Å². The zero-order valence-electron chi connectivity index (χ0n) is 9.93. The first kappa shape index (κ1) is 11.2. The highest BCUT2D eigenvalue weighted by Crippen LogP contribution is 2.33. The molecular weight excluding hydrogens is 176 g/mol. The summed E-state index contributed by atoms with van der Waals surface area (Å²) in [6, 6.07) is 0. The van der Waals surface area contributed by atoms with Gasteiger partial charge in [-0.1, -0.05) is 25.9 Å². The second-order valence-electron chi connectivity index (χ2n) is 5.44. The minimum atomic E-state index is -0.396. The molecule has 0 spiro atoms. The molecule has 0 aromatic carbocycles. The molecule has 14 heavy (non-hydrogen) atoms. The Morgan fingerprint density at radius 1 is 1.14 bits per heavy atom. The van der Waals surface area contributed by atoms with Gasteiger partial charge in [0.15, 0.2) is 0 Å². The number of hydrogen-bond donors (Lipinski definition) is 1. The first-order valence-electron chi connectivity index (χ1n) is 4.90. The van der Waals surface area contributed by atoms with Crippen LogP contribution in [0.2, 0.25) is 0 Å². The maximum Gasteiger partial charge on any atom is 0.147 e. The van der Waals surface area contributed by atoms with Gasteiger partial charge < -0.3 is 10.3 Å². The topological polar surface area (TPSA) is 52.0 Å². The van der Waals surface area contributed by atoms with Crippen LogP contribution in [-0.2, 0) is 11.0 Å². The van der Waals surface area contributed by atoms with Crippen molar-refractivity contribution < 1.29 is 4.52 Å². The van der Waals surface area contributed by atoms with E-state index in [1.807, 2.05) is 20.8 Å². The molecule has 0 amide bonds. The van der Waals surface area contributed by atoms with Crippen LogP contribution in [-0.4, -0.2) is 5.16 Å². The predicted octanol–water partition coefficient (Wildman–Crippen LogP) is 2.47. The summed E-state index contributed by atoms with van der Waals surface area (Å²) < 4.78 is 5.36. The Morgan fingerprint density at radius 3 is 1.93 bits per heavy atom. The maximum absolute atomic E-state index is 6.10. The predicted molar refractivity (Wildman–Crippen MR) is 57.2 cm³/mol. The van der Waals surface area contributed by atoms with Crippen LogP contribution < -0.4 is 5.73 Å². The van der Waals surface area contributed by atoms with Gasteiger partial charge in [0.2, 0.25) is 0 Å². The van der Waals surface area contributed by atoms with Crippen molar-refractivity contribution in [2.75, 3.05) is 0 Å². The minimum absolute atomic E-state index is 0.0484. The standard InChI is InChI=1S/C11H20N2O/c1-7-8(11(5,6)12)9(14-13-7)10(2,3)4/h12H2,1-6H3. The summed E-state index contributed by atoms with van der Waals surface area (Å²) in [7, 11) is 0. The van der Waals surface area contributed by atoms with Crippen molar-refractivity contribution in [1.82, 2.24) is 5.16 Å². The maximum atomic E-state index is 6.10. The minimum Gasteiger partial charge on any atom is -0.360 e. The first-order chi connectivity index (χ1) is 6.14. The van der Waals surface area contributed by atoms with Crippen molar-refractivity contribution in [2.45, 2.75) is 52.5 Å². The van der Waals surface area contributed by atoms with Gasteiger partial charge >= 0.3 is 0 Å². The Hall–Kier alpha value is -0.830. The third-order valence-electron chi connectivity index (χ3n) is 2.19. The number of nitrogens with two attached hydrogens (primary N) is 1. The van der Waals surface area contributed by atoms with Crippen LogP contribution in [0.15, 0.2) is 4.52 Å². The van der Waals surface area contributed by atoms with E-state index in [9.17, 15) is 0 Å². The van der Waals surface area contributed by atoms with Crippen LogP contribution in [0.1, 0.15) is 51.6 Å². The zero-order valence-corrected chi connectivity index (χ0v) is 9.93. The lowest BCUT2D eigenvalue weighted by Crippen LogP contribution is -2.32. The molecule has 0 aliphatic rings. The average Bonchev–Trinajstić information content (AvgIpc) is 2.27. The van der Waals surface area contributed by atoms with Gasteiger partial charge in [0.05, 0.1) is 5.69 Å². The van der Waals surface area contributed by atoms with Gasteiger partial charge in [-0.2, -0.15) is 0 Å². The van der Waals surface area contributed by atoms with Crippen LogP contribution in [0.25, 0.3) is 0 Å². The smallest absolute Gasteiger partial charge is 0.147 e. The molecule has 0 fully saturated rings. The fourth-order valence-electron chi connectivity index (χ4n) is 1.64. The lowest BCUT2D eigenvalue weighted by molar-refractivity contribution is 0.320. The summed E-state index contributed by atoms with van der Waals surface area (Å²) >= 11 is 0. The second kappa shape index (κ2) is 3.09. The van der Waals surface area contributed by atoms with Crippen LogP contribution in [0.3, 0.4) is 0 Å². The Balaban J connectivity index is 3.35. The molecule has 2 N–H and O–H groups in total. The molecule has 1 heterocycles. The van der Waals surface area contributed by atoms with Crippen LogP contribution >= 0.6 is 0 Å².